The Balaban J connectivity index is 1.58. The maximum absolute atomic E-state index is 5.85. The third-order valence-electron chi connectivity index (χ3n) is 3.94. The molecule has 3 rings (SSSR count). The Bertz CT molecular complexity index is 657. The first-order chi connectivity index (χ1) is 11.7. The molecule has 24 heavy (non-hydrogen) atoms. The van der Waals surface area contributed by atoms with Crippen molar-refractivity contribution in [3.05, 3.63) is 35.9 Å². The van der Waals surface area contributed by atoms with E-state index in [0.29, 0.717) is 13.2 Å². The number of benzene rings is 1. The van der Waals surface area contributed by atoms with Crippen molar-refractivity contribution < 1.29 is 9.47 Å². The molecule has 2 aromatic rings. The number of nitrogen functional groups attached to an aromatic ring is 1. The van der Waals surface area contributed by atoms with E-state index in [1.54, 1.807) is 7.11 Å². The number of anilines is 3. The molecule has 0 unspecified atom stereocenters. The van der Waals surface area contributed by atoms with Crippen molar-refractivity contribution in [1.29, 1.82) is 0 Å². The minimum Gasteiger partial charge on any atom is -0.497 e. The molecule has 0 spiro atoms. The van der Waals surface area contributed by atoms with Crippen molar-refractivity contribution in [2.45, 2.75) is 6.42 Å². The number of nitrogens with zero attached hydrogens (tertiary/aromatic N) is 3. The predicted octanol–water partition coefficient (Wildman–Crippen LogP) is 1.56. The van der Waals surface area contributed by atoms with E-state index in [4.69, 9.17) is 15.2 Å². The molecule has 7 heteroatoms. The Morgan fingerprint density at radius 2 is 1.96 bits per heavy atom. The number of nitrogens with two attached hydrogens (primary N) is 1. The molecule has 0 amide bonds. The van der Waals surface area contributed by atoms with Crippen LogP contribution in [-0.4, -0.2) is 49.9 Å². The summed E-state index contributed by atoms with van der Waals surface area (Å²) in [6, 6.07) is 10.0. The van der Waals surface area contributed by atoms with E-state index in [-0.39, 0.29) is 5.95 Å². The number of nitrogens with one attached hydrogen (secondary N) is 1. The molecule has 0 bridgehead atoms. The Morgan fingerprint density at radius 3 is 2.67 bits per heavy atom. The summed E-state index contributed by atoms with van der Waals surface area (Å²) in [7, 11) is 1.67. The van der Waals surface area contributed by atoms with Crippen molar-refractivity contribution in [2.75, 3.05) is 55.9 Å². The van der Waals surface area contributed by atoms with Gasteiger partial charge in [0.05, 0.1) is 20.3 Å². The number of aromatic nitrogens is 2. The molecule has 0 saturated carbocycles. The van der Waals surface area contributed by atoms with Gasteiger partial charge in [-0.05, 0) is 24.1 Å². The zero-order valence-electron chi connectivity index (χ0n) is 13.9. The zero-order chi connectivity index (χ0) is 16.8. The summed E-state index contributed by atoms with van der Waals surface area (Å²) in [6.07, 6.45) is 0.890. The summed E-state index contributed by atoms with van der Waals surface area (Å²) in [5.74, 6) is 2.74. The second kappa shape index (κ2) is 7.83. The van der Waals surface area contributed by atoms with Crippen LogP contribution in [0, 0.1) is 0 Å². The molecule has 3 N–H and O–H groups in total. The largest absolute Gasteiger partial charge is 0.497 e. The SMILES string of the molecule is COc1ccc(CCNc2cc(N3CCOCC3)nc(N)n2)cc1. The number of rotatable bonds is 6. The van der Waals surface area contributed by atoms with E-state index in [2.05, 4.69) is 32.3 Å². The minimum atomic E-state index is 0.283. The van der Waals surface area contributed by atoms with Crippen molar-refractivity contribution in [1.82, 2.24) is 9.97 Å². The van der Waals surface area contributed by atoms with Gasteiger partial charge in [0.2, 0.25) is 5.95 Å². The van der Waals surface area contributed by atoms with Gasteiger partial charge in [0.1, 0.15) is 17.4 Å². The highest BCUT2D eigenvalue weighted by Gasteiger charge is 2.14. The maximum atomic E-state index is 5.85. The second-order valence-electron chi connectivity index (χ2n) is 5.59. The summed E-state index contributed by atoms with van der Waals surface area (Å²) in [5, 5.41) is 3.32. The van der Waals surface area contributed by atoms with Gasteiger partial charge < -0.3 is 25.4 Å². The molecule has 1 aromatic carbocycles. The molecule has 1 aromatic heterocycles. The van der Waals surface area contributed by atoms with Gasteiger partial charge in [-0.15, -0.1) is 0 Å². The molecule has 7 nitrogen and oxygen atoms in total. The molecule has 0 aliphatic carbocycles. The molecule has 1 fully saturated rings. The van der Waals surface area contributed by atoms with Gasteiger partial charge in [-0.25, -0.2) is 0 Å². The quantitative estimate of drug-likeness (QED) is 0.832. The third kappa shape index (κ3) is 4.26. The molecule has 2 heterocycles. The molecular weight excluding hydrogens is 306 g/mol. The van der Waals surface area contributed by atoms with E-state index in [1.807, 2.05) is 18.2 Å². The van der Waals surface area contributed by atoms with Crippen LogP contribution in [0.4, 0.5) is 17.6 Å². The Labute approximate surface area is 141 Å². The molecule has 0 radical (unpaired) electrons. The number of ether oxygens (including phenoxy) is 2. The van der Waals surface area contributed by atoms with Gasteiger partial charge in [0.25, 0.3) is 0 Å². The van der Waals surface area contributed by atoms with Crippen molar-refractivity contribution in [3.8, 4) is 5.75 Å². The van der Waals surface area contributed by atoms with Crippen LogP contribution < -0.4 is 20.7 Å². The first kappa shape index (κ1) is 16.3. The monoisotopic (exact) mass is 329 g/mol. The fraction of sp³-hybridized carbons (Fsp3) is 0.412. The molecule has 0 atom stereocenters. The molecule has 1 aliphatic heterocycles. The molecule has 128 valence electrons. The standard InChI is InChI=1S/C17H23N5O2/c1-23-14-4-2-13(3-5-14)6-7-19-15-12-16(21-17(18)20-15)22-8-10-24-11-9-22/h2-5,12H,6-11H2,1H3,(H3,18,19,20,21). The lowest BCUT2D eigenvalue weighted by Gasteiger charge is -2.28. The maximum Gasteiger partial charge on any atom is 0.223 e. The van der Waals surface area contributed by atoms with Crippen LogP contribution in [0.15, 0.2) is 30.3 Å². The van der Waals surface area contributed by atoms with Gasteiger partial charge >= 0.3 is 0 Å². The van der Waals surface area contributed by atoms with E-state index in [1.165, 1.54) is 5.56 Å². The lowest BCUT2D eigenvalue weighted by atomic mass is 10.1. The highest BCUT2D eigenvalue weighted by molar-refractivity contribution is 5.52. The van der Waals surface area contributed by atoms with Crippen LogP contribution in [-0.2, 0) is 11.2 Å². The third-order valence-corrected chi connectivity index (χ3v) is 3.94. The number of morpholine rings is 1. The first-order valence-electron chi connectivity index (χ1n) is 8.08. The molecular formula is C17H23N5O2. The van der Waals surface area contributed by atoms with Gasteiger partial charge in [-0.2, -0.15) is 9.97 Å². The average molecular weight is 329 g/mol. The average Bonchev–Trinajstić information content (AvgIpc) is 2.63. The summed E-state index contributed by atoms with van der Waals surface area (Å²) in [4.78, 5) is 10.8. The number of hydrogen-bond acceptors (Lipinski definition) is 7. The Morgan fingerprint density at radius 1 is 1.21 bits per heavy atom. The van der Waals surface area contributed by atoms with E-state index >= 15 is 0 Å². The van der Waals surface area contributed by atoms with E-state index < -0.39 is 0 Å². The Hall–Kier alpha value is -2.54. The highest BCUT2D eigenvalue weighted by atomic mass is 16.5. The predicted molar refractivity (Wildman–Crippen MR) is 94.7 cm³/mol. The first-order valence-corrected chi connectivity index (χ1v) is 8.08. The van der Waals surface area contributed by atoms with Crippen molar-refractivity contribution in [2.24, 2.45) is 0 Å². The second-order valence-corrected chi connectivity index (χ2v) is 5.59. The van der Waals surface area contributed by atoms with Crippen LogP contribution in [0.3, 0.4) is 0 Å². The van der Waals surface area contributed by atoms with E-state index in [0.717, 1.165) is 43.4 Å². The van der Waals surface area contributed by atoms with Gasteiger partial charge in [-0.3, -0.25) is 0 Å². The van der Waals surface area contributed by atoms with Crippen molar-refractivity contribution >= 4 is 17.6 Å². The summed E-state index contributed by atoms with van der Waals surface area (Å²) >= 11 is 0. The van der Waals surface area contributed by atoms with Crippen LogP contribution in [0.25, 0.3) is 0 Å². The topological polar surface area (TPSA) is 85.5 Å². The van der Waals surface area contributed by atoms with Crippen LogP contribution in [0.1, 0.15) is 5.56 Å². The van der Waals surface area contributed by atoms with Gasteiger partial charge in [0, 0.05) is 25.7 Å². The summed E-state index contributed by atoms with van der Waals surface area (Å²) in [6.45, 7) is 3.84. The summed E-state index contributed by atoms with van der Waals surface area (Å²) < 4.78 is 10.5. The smallest absolute Gasteiger partial charge is 0.223 e. The molecule has 1 saturated heterocycles. The van der Waals surface area contributed by atoms with Crippen molar-refractivity contribution in [3.63, 3.8) is 0 Å². The number of hydrogen-bond donors (Lipinski definition) is 2. The fourth-order valence-electron chi connectivity index (χ4n) is 2.62. The Kier molecular flexibility index (Phi) is 5.32. The van der Waals surface area contributed by atoms with Crippen LogP contribution in [0.5, 0.6) is 5.75 Å². The van der Waals surface area contributed by atoms with Gasteiger partial charge in [0.15, 0.2) is 0 Å². The zero-order valence-corrected chi connectivity index (χ0v) is 13.9. The van der Waals surface area contributed by atoms with E-state index in [9.17, 15) is 0 Å². The summed E-state index contributed by atoms with van der Waals surface area (Å²) in [5.41, 5.74) is 7.08. The lowest BCUT2D eigenvalue weighted by Crippen LogP contribution is -2.37. The lowest BCUT2D eigenvalue weighted by molar-refractivity contribution is 0.122. The normalized spacial score (nSPS) is 14.5. The van der Waals surface area contributed by atoms with Gasteiger partial charge in [-0.1, -0.05) is 12.1 Å². The molecule has 1 aliphatic rings. The minimum absolute atomic E-state index is 0.283. The fourth-order valence-corrected chi connectivity index (χ4v) is 2.62. The van der Waals surface area contributed by atoms with Crippen LogP contribution in [0.2, 0.25) is 0 Å². The van der Waals surface area contributed by atoms with Crippen LogP contribution >= 0.6 is 0 Å². The number of methoxy groups -OCH3 is 1. The highest BCUT2D eigenvalue weighted by Crippen LogP contribution is 2.18.